The fraction of sp³-hybridized carbons (Fsp3) is 0.571. The van der Waals surface area contributed by atoms with Crippen LogP contribution in [0.5, 0.6) is 11.5 Å². The summed E-state index contributed by atoms with van der Waals surface area (Å²) >= 11 is 0. The van der Waals surface area contributed by atoms with E-state index < -0.39 is 0 Å². The summed E-state index contributed by atoms with van der Waals surface area (Å²) in [7, 11) is 1.68. The summed E-state index contributed by atoms with van der Waals surface area (Å²) in [6.45, 7) is 6.49. The number of methoxy groups -OCH3 is 1. The van der Waals surface area contributed by atoms with Crippen molar-refractivity contribution in [2.24, 2.45) is 5.92 Å². The molecule has 1 fully saturated rings. The number of allylic oxidation sites excluding steroid dienone is 2. The van der Waals surface area contributed by atoms with Gasteiger partial charge in [-0.25, -0.2) is 0 Å². The van der Waals surface area contributed by atoms with Crippen molar-refractivity contribution in [3.63, 3.8) is 0 Å². The van der Waals surface area contributed by atoms with Crippen molar-refractivity contribution in [1.82, 2.24) is 0 Å². The highest BCUT2D eigenvalue weighted by Crippen LogP contribution is 2.52. The van der Waals surface area contributed by atoms with Gasteiger partial charge in [0, 0.05) is 30.2 Å². The van der Waals surface area contributed by atoms with Crippen molar-refractivity contribution in [3.05, 3.63) is 35.4 Å². The Hall–Kier alpha value is -1.77. The lowest BCUT2D eigenvalue weighted by Gasteiger charge is -2.49. The number of Topliss-reactive ketones (excluding diaryl/α,β-unsaturated/α-hetero) is 1. The average Bonchev–Trinajstić information content (AvgIpc) is 2.54. The molecule has 0 spiro atoms. The van der Waals surface area contributed by atoms with Gasteiger partial charge < -0.3 is 9.47 Å². The van der Waals surface area contributed by atoms with Crippen molar-refractivity contribution in [2.75, 3.05) is 7.11 Å². The Kier molecular flexibility index (Phi) is 4.71. The van der Waals surface area contributed by atoms with Crippen LogP contribution in [0.1, 0.15) is 64.4 Å². The van der Waals surface area contributed by atoms with Gasteiger partial charge in [0.05, 0.1) is 7.11 Å². The minimum absolute atomic E-state index is 0.209. The van der Waals surface area contributed by atoms with E-state index in [1.165, 1.54) is 5.57 Å². The predicted octanol–water partition coefficient (Wildman–Crippen LogP) is 5.05. The number of hydrogen-bond donors (Lipinski definition) is 0. The summed E-state index contributed by atoms with van der Waals surface area (Å²) in [6, 6.07) is 6.00. The van der Waals surface area contributed by atoms with E-state index in [4.69, 9.17) is 9.47 Å². The molecule has 0 saturated heterocycles. The number of hydrogen-bond acceptors (Lipinski definition) is 3. The molecule has 1 aromatic rings. The molecule has 1 heterocycles. The Bertz CT molecular complexity index is 657. The van der Waals surface area contributed by atoms with E-state index in [1.807, 2.05) is 12.1 Å². The maximum absolute atomic E-state index is 12.1. The molecule has 0 N–H and O–H groups in total. The SMILES string of the molecule is COc1ccc2c(c1)C1CC(=O)CC[C@@H]1[C@@](C)(CCC=C(C)C)O2. The van der Waals surface area contributed by atoms with Crippen LogP contribution in [0.15, 0.2) is 29.8 Å². The second-order valence-corrected chi connectivity index (χ2v) is 7.63. The third-order valence-corrected chi connectivity index (χ3v) is 5.60. The molecule has 0 aromatic heterocycles. The monoisotopic (exact) mass is 328 g/mol. The Balaban J connectivity index is 1.95. The first-order valence-electron chi connectivity index (χ1n) is 8.95. The first kappa shape index (κ1) is 17.1. The Morgan fingerprint density at radius 3 is 2.92 bits per heavy atom. The highest BCUT2D eigenvalue weighted by molar-refractivity contribution is 5.80. The Morgan fingerprint density at radius 2 is 2.21 bits per heavy atom. The van der Waals surface area contributed by atoms with Crippen LogP contribution in [0.25, 0.3) is 0 Å². The Morgan fingerprint density at radius 1 is 1.42 bits per heavy atom. The van der Waals surface area contributed by atoms with Crippen molar-refractivity contribution >= 4 is 5.78 Å². The summed E-state index contributed by atoms with van der Waals surface area (Å²) in [6.07, 6.45) is 6.52. The summed E-state index contributed by atoms with van der Waals surface area (Å²) in [5, 5.41) is 0. The molecule has 3 nitrogen and oxygen atoms in total. The quantitative estimate of drug-likeness (QED) is 0.726. The minimum atomic E-state index is -0.209. The zero-order chi connectivity index (χ0) is 17.3. The number of carbonyl (C=O) groups is 1. The van der Waals surface area contributed by atoms with E-state index in [1.54, 1.807) is 7.11 Å². The molecule has 1 aliphatic heterocycles. The number of ether oxygens (including phenoxy) is 2. The third-order valence-electron chi connectivity index (χ3n) is 5.60. The van der Waals surface area contributed by atoms with E-state index in [0.717, 1.165) is 36.3 Å². The second-order valence-electron chi connectivity index (χ2n) is 7.63. The first-order chi connectivity index (χ1) is 11.4. The molecule has 1 unspecified atom stereocenters. The number of rotatable bonds is 4. The number of ketones is 1. The molecule has 24 heavy (non-hydrogen) atoms. The molecule has 1 saturated carbocycles. The van der Waals surface area contributed by atoms with E-state index in [-0.39, 0.29) is 11.5 Å². The lowest BCUT2D eigenvalue weighted by atomic mass is 9.65. The minimum Gasteiger partial charge on any atom is -0.497 e. The zero-order valence-electron chi connectivity index (χ0n) is 15.2. The molecule has 1 aliphatic carbocycles. The molecule has 0 bridgehead atoms. The molecule has 3 heteroatoms. The topological polar surface area (TPSA) is 35.5 Å². The number of fused-ring (bicyclic) bond motifs is 3. The highest BCUT2D eigenvalue weighted by Gasteiger charge is 2.48. The van der Waals surface area contributed by atoms with Crippen molar-refractivity contribution in [3.8, 4) is 11.5 Å². The van der Waals surface area contributed by atoms with Crippen LogP contribution in [-0.4, -0.2) is 18.5 Å². The molecular formula is C21H28O3. The Labute approximate surface area is 145 Å². The number of carbonyl (C=O) groups excluding carboxylic acids is 1. The standard InChI is InChI=1S/C21H28O3/c1-14(2)6-5-11-21(3)19-9-7-15(22)12-17(19)18-13-16(23-4)8-10-20(18)24-21/h6,8,10,13,17,19H,5,7,9,11-12H2,1-4H3/t17?,19-,21+/m0/s1. The van der Waals surface area contributed by atoms with Gasteiger partial charge in [-0.15, -0.1) is 0 Å². The summed E-state index contributed by atoms with van der Waals surface area (Å²) in [4.78, 5) is 12.1. The fourth-order valence-corrected chi connectivity index (χ4v) is 4.31. The smallest absolute Gasteiger partial charge is 0.133 e. The lowest BCUT2D eigenvalue weighted by Crippen LogP contribution is -2.49. The summed E-state index contributed by atoms with van der Waals surface area (Å²) < 4.78 is 11.9. The third kappa shape index (κ3) is 3.22. The molecular weight excluding hydrogens is 300 g/mol. The first-order valence-corrected chi connectivity index (χ1v) is 8.95. The second kappa shape index (κ2) is 6.62. The highest BCUT2D eigenvalue weighted by atomic mass is 16.5. The van der Waals surface area contributed by atoms with Gasteiger partial charge in [0.15, 0.2) is 0 Å². The van der Waals surface area contributed by atoms with Crippen LogP contribution in [-0.2, 0) is 4.79 Å². The van der Waals surface area contributed by atoms with E-state index in [2.05, 4.69) is 32.9 Å². The molecule has 1 aromatic carbocycles. The van der Waals surface area contributed by atoms with Gasteiger partial charge in [0.2, 0.25) is 0 Å². The molecule has 0 radical (unpaired) electrons. The van der Waals surface area contributed by atoms with Crippen LogP contribution in [0, 0.1) is 5.92 Å². The van der Waals surface area contributed by atoms with Gasteiger partial charge in [0.1, 0.15) is 22.9 Å². The maximum atomic E-state index is 12.1. The van der Waals surface area contributed by atoms with Crippen LogP contribution in [0.4, 0.5) is 0 Å². The van der Waals surface area contributed by atoms with Crippen LogP contribution < -0.4 is 9.47 Å². The summed E-state index contributed by atoms with van der Waals surface area (Å²) in [5.74, 6) is 2.77. The average molecular weight is 328 g/mol. The van der Waals surface area contributed by atoms with Gasteiger partial charge in [-0.3, -0.25) is 4.79 Å². The van der Waals surface area contributed by atoms with Crippen LogP contribution in [0.3, 0.4) is 0 Å². The van der Waals surface area contributed by atoms with E-state index in [0.29, 0.717) is 24.5 Å². The molecule has 2 aliphatic rings. The van der Waals surface area contributed by atoms with Crippen molar-refractivity contribution in [2.45, 2.75) is 64.4 Å². The maximum Gasteiger partial charge on any atom is 0.133 e. The normalized spacial score (nSPS) is 28.4. The zero-order valence-corrected chi connectivity index (χ0v) is 15.2. The molecule has 0 amide bonds. The number of benzene rings is 1. The van der Waals surface area contributed by atoms with Crippen LogP contribution >= 0.6 is 0 Å². The molecule has 130 valence electrons. The van der Waals surface area contributed by atoms with Gasteiger partial charge in [-0.2, -0.15) is 0 Å². The van der Waals surface area contributed by atoms with E-state index in [9.17, 15) is 4.79 Å². The van der Waals surface area contributed by atoms with E-state index >= 15 is 0 Å². The predicted molar refractivity (Wildman–Crippen MR) is 95.8 cm³/mol. The van der Waals surface area contributed by atoms with Crippen molar-refractivity contribution < 1.29 is 14.3 Å². The van der Waals surface area contributed by atoms with Crippen molar-refractivity contribution in [1.29, 1.82) is 0 Å². The molecule has 3 atom stereocenters. The lowest BCUT2D eigenvalue weighted by molar-refractivity contribution is -0.124. The van der Waals surface area contributed by atoms with Gasteiger partial charge in [-0.1, -0.05) is 11.6 Å². The molecule has 3 rings (SSSR count). The summed E-state index contributed by atoms with van der Waals surface area (Å²) in [5.41, 5.74) is 2.28. The van der Waals surface area contributed by atoms with Crippen LogP contribution in [0.2, 0.25) is 0 Å². The largest absolute Gasteiger partial charge is 0.497 e. The van der Waals surface area contributed by atoms with Gasteiger partial charge in [0.25, 0.3) is 0 Å². The van der Waals surface area contributed by atoms with Gasteiger partial charge >= 0.3 is 0 Å². The van der Waals surface area contributed by atoms with Gasteiger partial charge in [-0.05, 0) is 58.2 Å². The fourth-order valence-electron chi connectivity index (χ4n) is 4.31.